The van der Waals surface area contributed by atoms with Crippen molar-refractivity contribution in [3.63, 3.8) is 0 Å². The summed E-state index contributed by atoms with van der Waals surface area (Å²) >= 11 is 0. The van der Waals surface area contributed by atoms with Crippen molar-refractivity contribution in [2.75, 3.05) is 13.1 Å². The zero-order valence-corrected chi connectivity index (χ0v) is 14.2. The maximum atomic E-state index is 13.5. The summed E-state index contributed by atoms with van der Waals surface area (Å²) in [6.45, 7) is 2.90. The molecule has 0 aliphatic carbocycles. The maximum absolute atomic E-state index is 13.5. The molecule has 0 saturated heterocycles. The number of carbonyl (C=O) groups excluding carboxylic acids is 2. The van der Waals surface area contributed by atoms with E-state index in [0.717, 1.165) is 12.8 Å². The first-order valence-electron chi connectivity index (χ1n) is 8.38. The third-order valence-electron chi connectivity index (χ3n) is 3.67. The Morgan fingerprint density at radius 3 is 2.24 bits per heavy atom. The molecule has 0 unspecified atom stereocenters. The summed E-state index contributed by atoms with van der Waals surface area (Å²) in [5.41, 5.74) is 0.911. The number of rotatable bonds is 8. The highest BCUT2D eigenvalue weighted by Gasteiger charge is 2.12. The second-order valence-corrected chi connectivity index (χ2v) is 5.61. The van der Waals surface area contributed by atoms with Gasteiger partial charge in [-0.2, -0.15) is 0 Å². The number of unbranched alkanes of at least 4 members (excludes halogenated alkanes) is 1. The van der Waals surface area contributed by atoms with Crippen molar-refractivity contribution in [2.45, 2.75) is 26.2 Å². The standard InChI is InChI=1S/C19H22FN3O2/c1-2-3-12-21-18(24)16-9-6-10-17(23-16)19(25)22-13-11-14-7-4-5-8-15(14)20/h4-10H,2-3,11-13H2,1H3,(H,21,24)(H,22,25). The number of pyridine rings is 1. The van der Waals surface area contributed by atoms with Crippen LogP contribution in [0.25, 0.3) is 0 Å². The van der Waals surface area contributed by atoms with Gasteiger partial charge in [-0.25, -0.2) is 9.37 Å². The second kappa shape index (κ2) is 9.52. The molecule has 25 heavy (non-hydrogen) atoms. The van der Waals surface area contributed by atoms with Crippen LogP contribution < -0.4 is 10.6 Å². The molecule has 1 aromatic carbocycles. The van der Waals surface area contributed by atoms with E-state index in [1.165, 1.54) is 6.07 Å². The van der Waals surface area contributed by atoms with Gasteiger partial charge in [0.1, 0.15) is 17.2 Å². The SMILES string of the molecule is CCCCNC(=O)c1cccc(C(=O)NCCc2ccccc2F)n1. The van der Waals surface area contributed by atoms with Crippen LogP contribution in [0.4, 0.5) is 4.39 Å². The van der Waals surface area contributed by atoms with Crippen molar-refractivity contribution in [3.8, 4) is 0 Å². The number of hydrogen-bond acceptors (Lipinski definition) is 3. The zero-order valence-electron chi connectivity index (χ0n) is 14.2. The van der Waals surface area contributed by atoms with Gasteiger partial charge in [-0.15, -0.1) is 0 Å². The van der Waals surface area contributed by atoms with Crippen molar-refractivity contribution >= 4 is 11.8 Å². The topological polar surface area (TPSA) is 71.1 Å². The van der Waals surface area contributed by atoms with Crippen LogP contribution in [0.2, 0.25) is 0 Å². The predicted molar refractivity (Wildman–Crippen MR) is 93.9 cm³/mol. The fourth-order valence-corrected chi connectivity index (χ4v) is 2.26. The number of hydrogen-bond donors (Lipinski definition) is 2. The molecule has 132 valence electrons. The van der Waals surface area contributed by atoms with E-state index in [2.05, 4.69) is 15.6 Å². The molecule has 0 aliphatic heterocycles. The van der Waals surface area contributed by atoms with Crippen molar-refractivity contribution in [2.24, 2.45) is 0 Å². The van der Waals surface area contributed by atoms with Crippen LogP contribution in [0.5, 0.6) is 0 Å². The molecule has 1 heterocycles. The van der Waals surface area contributed by atoms with Crippen molar-refractivity contribution in [1.29, 1.82) is 0 Å². The van der Waals surface area contributed by atoms with Gasteiger partial charge < -0.3 is 10.6 Å². The summed E-state index contributed by atoms with van der Waals surface area (Å²) in [5, 5.41) is 5.46. The quantitative estimate of drug-likeness (QED) is 0.724. The molecule has 2 rings (SSSR count). The van der Waals surface area contributed by atoms with E-state index in [-0.39, 0.29) is 35.6 Å². The first kappa shape index (κ1) is 18.6. The lowest BCUT2D eigenvalue weighted by molar-refractivity contribution is 0.0944. The molecule has 0 radical (unpaired) electrons. The molecule has 0 aliphatic rings. The molecule has 0 atom stereocenters. The first-order valence-corrected chi connectivity index (χ1v) is 8.38. The Morgan fingerprint density at radius 2 is 1.60 bits per heavy atom. The zero-order chi connectivity index (χ0) is 18.1. The Labute approximate surface area is 146 Å². The van der Waals surface area contributed by atoms with Crippen molar-refractivity contribution in [1.82, 2.24) is 15.6 Å². The summed E-state index contributed by atoms with van der Waals surface area (Å²) in [6.07, 6.45) is 2.26. The average molecular weight is 343 g/mol. The van der Waals surface area contributed by atoms with Crippen LogP contribution in [-0.4, -0.2) is 29.9 Å². The lowest BCUT2D eigenvalue weighted by Crippen LogP contribution is -2.29. The van der Waals surface area contributed by atoms with E-state index in [1.54, 1.807) is 36.4 Å². The Kier molecular flexibility index (Phi) is 7.07. The largest absolute Gasteiger partial charge is 0.351 e. The molecule has 0 bridgehead atoms. The van der Waals surface area contributed by atoms with Gasteiger partial charge in [0.2, 0.25) is 0 Å². The summed E-state index contributed by atoms with van der Waals surface area (Å²) < 4.78 is 13.5. The first-order chi connectivity index (χ1) is 12.1. The van der Waals surface area contributed by atoms with Gasteiger partial charge in [0.05, 0.1) is 0 Å². The smallest absolute Gasteiger partial charge is 0.269 e. The van der Waals surface area contributed by atoms with E-state index in [9.17, 15) is 14.0 Å². The normalized spacial score (nSPS) is 10.3. The van der Waals surface area contributed by atoms with E-state index in [4.69, 9.17) is 0 Å². The minimum Gasteiger partial charge on any atom is -0.351 e. The van der Waals surface area contributed by atoms with Crippen LogP contribution in [0.15, 0.2) is 42.5 Å². The Bertz CT molecular complexity index is 734. The molecule has 0 spiro atoms. The molecule has 0 saturated carbocycles. The van der Waals surface area contributed by atoms with E-state index in [0.29, 0.717) is 18.5 Å². The molecule has 0 fully saturated rings. The molecule has 2 N–H and O–H groups in total. The lowest BCUT2D eigenvalue weighted by Gasteiger charge is -2.07. The molecular weight excluding hydrogens is 321 g/mol. The molecule has 5 nitrogen and oxygen atoms in total. The van der Waals surface area contributed by atoms with E-state index < -0.39 is 0 Å². The minimum atomic E-state index is -0.389. The Balaban J connectivity index is 1.90. The third kappa shape index (κ3) is 5.67. The van der Waals surface area contributed by atoms with Gasteiger partial charge in [-0.05, 0) is 36.6 Å². The molecule has 6 heteroatoms. The summed E-state index contributed by atoms with van der Waals surface area (Å²) in [6, 6.07) is 11.2. The number of amides is 2. The van der Waals surface area contributed by atoms with Gasteiger partial charge in [0.15, 0.2) is 0 Å². The fourth-order valence-electron chi connectivity index (χ4n) is 2.26. The van der Waals surface area contributed by atoms with Gasteiger partial charge in [0, 0.05) is 13.1 Å². The van der Waals surface area contributed by atoms with Crippen LogP contribution in [-0.2, 0) is 6.42 Å². The maximum Gasteiger partial charge on any atom is 0.269 e. The highest BCUT2D eigenvalue weighted by Crippen LogP contribution is 2.06. The minimum absolute atomic E-state index is 0.164. The van der Waals surface area contributed by atoms with Crippen LogP contribution in [0.3, 0.4) is 0 Å². The lowest BCUT2D eigenvalue weighted by atomic mass is 10.1. The van der Waals surface area contributed by atoms with Gasteiger partial charge in [-0.3, -0.25) is 9.59 Å². The second-order valence-electron chi connectivity index (χ2n) is 5.61. The van der Waals surface area contributed by atoms with E-state index >= 15 is 0 Å². The van der Waals surface area contributed by atoms with Crippen molar-refractivity contribution < 1.29 is 14.0 Å². The predicted octanol–water partition coefficient (Wildman–Crippen LogP) is 2.72. The summed E-state index contributed by atoms with van der Waals surface area (Å²) in [7, 11) is 0. The number of halogens is 1. The molecule has 1 aromatic heterocycles. The number of benzene rings is 1. The summed E-state index contributed by atoms with van der Waals surface area (Å²) in [4.78, 5) is 28.2. The van der Waals surface area contributed by atoms with Crippen molar-refractivity contribution in [3.05, 3.63) is 65.2 Å². The Hall–Kier alpha value is -2.76. The summed E-state index contributed by atoms with van der Waals surface area (Å²) in [5.74, 6) is -0.977. The number of nitrogens with zero attached hydrogens (tertiary/aromatic N) is 1. The highest BCUT2D eigenvalue weighted by atomic mass is 19.1. The molecule has 2 amide bonds. The van der Waals surface area contributed by atoms with Gasteiger partial charge in [0.25, 0.3) is 11.8 Å². The monoisotopic (exact) mass is 343 g/mol. The van der Waals surface area contributed by atoms with Crippen LogP contribution in [0, 0.1) is 5.82 Å². The number of aromatic nitrogens is 1. The van der Waals surface area contributed by atoms with E-state index in [1.807, 2.05) is 6.92 Å². The number of carbonyl (C=O) groups is 2. The van der Waals surface area contributed by atoms with Crippen LogP contribution in [0.1, 0.15) is 46.3 Å². The van der Waals surface area contributed by atoms with Crippen LogP contribution >= 0.6 is 0 Å². The highest BCUT2D eigenvalue weighted by molar-refractivity contribution is 5.96. The molecular formula is C19H22FN3O2. The molecule has 2 aromatic rings. The average Bonchev–Trinajstić information content (AvgIpc) is 2.63. The Morgan fingerprint density at radius 1 is 0.960 bits per heavy atom. The fraction of sp³-hybridized carbons (Fsp3) is 0.316. The van der Waals surface area contributed by atoms with Gasteiger partial charge in [-0.1, -0.05) is 37.6 Å². The van der Waals surface area contributed by atoms with Gasteiger partial charge >= 0.3 is 0 Å². The third-order valence-corrected chi connectivity index (χ3v) is 3.67. The number of nitrogens with one attached hydrogen (secondary N) is 2.